The average Bonchev–Trinajstić information content (AvgIpc) is 2.48. The van der Waals surface area contributed by atoms with E-state index in [1.54, 1.807) is 6.92 Å². The maximum atomic E-state index is 10.8. The van der Waals surface area contributed by atoms with Crippen molar-refractivity contribution in [2.45, 2.75) is 25.8 Å². The van der Waals surface area contributed by atoms with Gasteiger partial charge in [-0.05, 0) is 29.5 Å². The van der Waals surface area contributed by atoms with Crippen LogP contribution in [0.1, 0.15) is 18.9 Å². The van der Waals surface area contributed by atoms with Gasteiger partial charge in [0.2, 0.25) is 0 Å². The van der Waals surface area contributed by atoms with Crippen molar-refractivity contribution in [3.63, 3.8) is 0 Å². The fraction of sp³-hybridized carbons (Fsp3) is 0.278. The molecule has 0 bridgehead atoms. The molecule has 3 nitrogen and oxygen atoms in total. The molecule has 0 amide bonds. The van der Waals surface area contributed by atoms with Gasteiger partial charge in [0, 0.05) is 6.04 Å². The van der Waals surface area contributed by atoms with E-state index in [1.165, 1.54) is 11.1 Å². The quantitative estimate of drug-likeness (QED) is 0.854. The first kappa shape index (κ1) is 15.3. The van der Waals surface area contributed by atoms with Crippen molar-refractivity contribution in [3.05, 3.63) is 60.2 Å². The molecule has 0 unspecified atom stereocenters. The molecule has 2 aromatic carbocycles. The first-order valence-electron chi connectivity index (χ1n) is 7.19. The zero-order valence-corrected chi connectivity index (χ0v) is 12.2. The monoisotopic (exact) mass is 283 g/mol. The molecule has 21 heavy (non-hydrogen) atoms. The zero-order valence-electron chi connectivity index (χ0n) is 12.2. The first-order valence-corrected chi connectivity index (χ1v) is 7.19. The van der Waals surface area contributed by atoms with E-state index >= 15 is 0 Å². The van der Waals surface area contributed by atoms with Crippen molar-refractivity contribution in [1.82, 2.24) is 0 Å². The average molecular weight is 283 g/mol. The van der Waals surface area contributed by atoms with Crippen molar-refractivity contribution in [2.24, 2.45) is 11.7 Å². The molecule has 0 aliphatic rings. The van der Waals surface area contributed by atoms with Gasteiger partial charge in [0.05, 0.1) is 5.92 Å². The molecule has 0 saturated heterocycles. The van der Waals surface area contributed by atoms with Crippen LogP contribution in [0, 0.1) is 5.92 Å². The van der Waals surface area contributed by atoms with Crippen LogP contribution < -0.4 is 5.73 Å². The number of nitrogens with two attached hydrogens (primary N) is 1. The normalized spacial score (nSPS) is 13.6. The number of rotatable bonds is 6. The van der Waals surface area contributed by atoms with Gasteiger partial charge in [-0.1, -0.05) is 61.5 Å². The molecule has 0 saturated carbocycles. The Hall–Kier alpha value is -2.13. The Morgan fingerprint density at radius 3 is 2.19 bits per heavy atom. The molecule has 2 rings (SSSR count). The van der Waals surface area contributed by atoms with Crippen LogP contribution in [-0.4, -0.2) is 17.1 Å². The van der Waals surface area contributed by atoms with E-state index in [0.29, 0.717) is 12.8 Å². The van der Waals surface area contributed by atoms with E-state index in [9.17, 15) is 4.79 Å². The van der Waals surface area contributed by atoms with Gasteiger partial charge in [-0.3, -0.25) is 4.79 Å². The SMILES string of the molecule is C[C@@H](C[C@@H](N)Cc1ccc(-c2ccccc2)cc1)C(=O)O. The molecular formula is C18H21NO2. The van der Waals surface area contributed by atoms with Crippen molar-refractivity contribution in [3.8, 4) is 11.1 Å². The molecule has 0 fully saturated rings. The van der Waals surface area contributed by atoms with E-state index in [4.69, 9.17) is 10.8 Å². The Kier molecular flexibility index (Phi) is 5.12. The fourth-order valence-corrected chi connectivity index (χ4v) is 2.40. The van der Waals surface area contributed by atoms with Crippen LogP contribution >= 0.6 is 0 Å². The molecule has 0 radical (unpaired) electrons. The van der Waals surface area contributed by atoms with Gasteiger partial charge in [-0.2, -0.15) is 0 Å². The predicted molar refractivity (Wildman–Crippen MR) is 85.0 cm³/mol. The third kappa shape index (κ3) is 4.43. The molecule has 0 spiro atoms. The molecule has 0 aromatic heterocycles. The summed E-state index contributed by atoms with van der Waals surface area (Å²) in [6.45, 7) is 1.70. The minimum absolute atomic E-state index is 0.126. The molecule has 2 aromatic rings. The highest BCUT2D eigenvalue weighted by Gasteiger charge is 2.15. The molecule has 0 aliphatic carbocycles. The summed E-state index contributed by atoms with van der Waals surface area (Å²) in [5.74, 6) is -1.19. The summed E-state index contributed by atoms with van der Waals surface area (Å²) in [6, 6.07) is 18.4. The van der Waals surface area contributed by atoms with Gasteiger partial charge in [0.1, 0.15) is 0 Å². The highest BCUT2D eigenvalue weighted by Crippen LogP contribution is 2.20. The third-order valence-electron chi connectivity index (χ3n) is 3.64. The largest absolute Gasteiger partial charge is 0.481 e. The van der Waals surface area contributed by atoms with Gasteiger partial charge in [-0.15, -0.1) is 0 Å². The molecule has 0 heterocycles. The van der Waals surface area contributed by atoms with Crippen molar-refractivity contribution in [2.75, 3.05) is 0 Å². The van der Waals surface area contributed by atoms with Gasteiger partial charge >= 0.3 is 5.97 Å². The molecular weight excluding hydrogens is 262 g/mol. The summed E-state index contributed by atoms with van der Waals surface area (Å²) in [5.41, 5.74) is 9.53. The Balaban J connectivity index is 1.98. The first-order chi connectivity index (χ1) is 10.1. The lowest BCUT2D eigenvalue weighted by molar-refractivity contribution is -0.141. The second-order valence-electron chi connectivity index (χ2n) is 5.50. The number of hydrogen-bond donors (Lipinski definition) is 2. The number of carboxylic acids is 1. The van der Waals surface area contributed by atoms with Crippen molar-refractivity contribution >= 4 is 5.97 Å². The van der Waals surface area contributed by atoms with Gasteiger partial charge in [0.15, 0.2) is 0 Å². The number of hydrogen-bond acceptors (Lipinski definition) is 2. The summed E-state index contributed by atoms with van der Waals surface area (Å²) < 4.78 is 0. The Morgan fingerprint density at radius 1 is 1.05 bits per heavy atom. The number of carboxylic acid groups (broad SMARTS) is 1. The maximum Gasteiger partial charge on any atom is 0.306 e. The summed E-state index contributed by atoms with van der Waals surface area (Å²) >= 11 is 0. The van der Waals surface area contributed by atoms with Crippen molar-refractivity contribution < 1.29 is 9.90 Å². The standard InChI is InChI=1S/C18H21NO2/c1-13(18(20)21)11-17(19)12-14-7-9-16(10-8-14)15-5-3-2-4-6-15/h2-10,13,17H,11-12,19H2,1H3,(H,20,21)/t13-,17+/m0/s1. The van der Waals surface area contributed by atoms with Crippen LogP contribution in [0.5, 0.6) is 0 Å². The zero-order chi connectivity index (χ0) is 15.2. The lowest BCUT2D eigenvalue weighted by atomic mass is 9.96. The second-order valence-corrected chi connectivity index (χ2v) is 5.50. The molecule has 2 atom stereocenters. The smallest absolute Gasteiger partial charge is 0.306 e. The molecule has 3 N–H and O–H groups in total. The summed E-state index contributed by atoms with van der Waals surface area (Å²) in [7, 11) is 0. The van der Waals surface area contributed by atoms with Gasteiger partial charge < -0.3 is 10.8 Å². The van der Waals surface area contributed by atoms with Crippen molar-refractivity contribution in [1.29, 1.82) is 0 Å². The van der Waals surface area contributed by atoms with E-state index in [0.717, 1.165) is 5.56 Å². The van der Waals surface area contributed by atoms with Crippen LogP contribution in [-0.2, 0) is 11.2 Å². The number of carbonyl (C=O) groups is 1. The summed E-state index contributed by atoms with van der Waals surface area (Å²) in [5, 5.41) is 8.90. The Morgan fingerprint density at radius 2 is 1.62 bits per heavy atom. The highest BCUT2D eigenvalue weighted by atomic mass is 16.4. The van der Waals surface area contributed by atoms with Crippen LogP contribution in [0.25, 0.3) is 11.1 Å². The molecule has 110 valence electrons. The molecule has 0 aliphatic heterocycles. The number of benzene rings is 2. The lowest BCUT2D eigenvalue weighted by Gasteiger charge is -2.14. The van der Waals surface area contributed by atoms with Crippen LogP contribution in [0.4, 0.5) is 0 Å². The summed E-state index contributed by atoms with van der Waals surface area (Å²) in [4.78, 5) is 10.8. The van der Waals surface area contributed by atoms with Crippen LogP contribution in [0.15, 0.2) is 54.6 Å². The predicted octanol–water partition coefficient (Wildman–Crippen LogP) is 3.33. The minimum atomic E-state index is -0.787. The van der Waals surface area contributed by atoms with E-state index < -0.39 is 11.9 Å². The van der Waals surface area contributed by atoms with Gasteiger partial charge in [-0.25, -0.2) is 0 Å². The van der Waals surface area contributed by atoms with E-state index in [2.05, 4.69) is 36.4 Å². The Bertz CT molecular complexity index is 578. The topological polar surface area (TPSA) is 63.3 Å². The minimum Gasteiger partial charge on any atom is -0.481 e. The molecule has 3 heteroatoms. The summed E-state index contributed by atoms with van der Waals surface area (Å²) in [6.07, 6.45) is 1.20. The van der Waals surface area contributed by atoms with E-state index in [-0.39, 0.29) is 6.04 Å². The van der Waals surface area contributed by atoms with Gasteiger partial charge in [0.25, 0.3) is 0 Å². The maximum absolute atomic E-state index is 10.8. The number of aliphatic carboxylic acids is 1. The van der Waals surface area contributed by atoms with Crippen LogP contribution in [0.3, 0.4) is 0 Å². The second kappa shape index (κ2) is 7.04. The van der Waals surface area contributed by atoms with E-state index in [1.807, 2.05) is 18.2 Å². The lowest BCUT2D eigenvalue weighted by Crippen LogP contribution is -2.28. The Labute approximate surface area is 125 Å². The highest BCUT2D eigenvalue weighted by molar-refractivity contribution is 5.69. The fourth-order valence-electron chi connectivity index (χ4n) is 2.40. The van der Waals surface area contributed by atoms with Crippen LogP contribution in [0.2, 0.25) is 0 Å². The third-order valence-corrected chi connectivity index (χ3v) is 3.64.